The highest BCUT2D eigenvalue weighted by molar-refractivity contribution is 5.80. The number of carbonyl (C=O) groups is 4. The van der Waals surface area contributed by atoms with Gasteiger partial charge in [-0.05, 0) is 6.42 Å². The highest BCUT2D eigenvalue weighted by Crippen LogP contribution is 1.93. The molecule has 10 nitrogen and oxygen atoms in total. The number of carboxylic acid groups (broad SMARTS) is 4. The van der Waals surface area contributed by atoms with Crippen molar-refractivity contribution < 1.29 is 39.6 Å². The van der Waals surface area contributed by atoms with Crippen LogP contribution >= 0.6 is 0 Å². The molecule has 110 valence electrons. The van der Waals surface area contributed by atoms with E-state index in [0.29, 0.717) is 0 Å². The van der Waals surface area contributed by atoms with Crippen molar-refractivity contribution in [3.63, 3.8) is 0 Å². The lowest BCUT2D eigenvalue weighted by Crippen LogP contribution is -2.32. The highest BCUT2D eigenvalue weighted by Gasteiger charge is 2.14. The highest BCUT2D eigenvalue weighted by atomic mass is 16.4. The molecule has 0 radical (unpaired) electrons. The van der Waals surface area contributed by atoms with Gasteiger partial charge in [-0.25, -0.2) is 0 Å². The number of carboxylic acids is 4. The largest absolute Gasteiger partial charge is 0.481 e. The molecule has 0 saturated carbocycles. The molecule has 0 aliphatic heterocycles. The molecule has 0 saturated heterocycles. The van der Waals surface area contributed by atoms with Crippen molar-refractivity contribution in [3.8, 4) is 0 Å². The maximum atomic E-state index is 9.99. The number of rotatable bonds is 7. The second kappa shape index (κ2) is 9.79. The van der Waals surface area contributed by atoms with Gasteiger partial charge in [-0.15, -0.1) is 0 Å². The summed E-state index contributed by atoms with van der Waals surface area (Å²) in [6.07, 6.45) is -0.756. The van der Waals surface area contributed by atoms with E-state index < -0.39 is 42.4 Å². The lowest BCUT2D eigenvalue weighted by atomic mass is 10.2. The van der Waals surface area contributed by atoms with Gasteiger partial charge >= 0.3 is 23.9 Å². The van der Waals surface area contributed by atoms with Gasteiger partial charge in [-0.3, -0.25) is 19.2 Å². The maximum Gasteiger partial charge on any atom is 0.321 e. The summed E-state index contributed by atoms with van der Waals surface area (Å²) in [5.74, 6) is -4.69. The first-order chi connectivity index (χ1) is 8.57. The Morgan fingerprint density at radius 1 is 0.789 bits per heavy atom. The van der Waals surface area contributed by atoms with Crippen molar-refractivity contribution in [1.29, 1.82) is 0 Å². The van der Waals surface area contributed by atoms with Crippen LogP contribution in [0, 0.1) is 0 Å². The molecular formula is C9H16N2O8. The third-order valence-corrected chi connectivity index (χ3v) is 1.70. The first kappa shape index (κ1) is 19.1. The smallest absolute Gasteiger partial charge is 0.321 e. The second-order valence-corrected chi connectivity index (χ2v) is 3.42. The number of hydrogen-bond acceptors (Lipinski definition) is 6. The standard InChI is InChI=1S/C5H9NO4.C4H7NO4/c6-3(5(9)10)1-2-4(7)8;5-2(4(8)9)1-3(6)7/h3H,1-2,6H2,(H,7,8)(H,9,10);2H,1,5H2,(H,6,7)(H,8,9)/t3-;2-/m01/s1. The van der Waals surface area contributed by atoms with E-state index in [1.807, 2.05) is 0 Å². The Balaban J connectivity index is 0. The van der Waals surface area contributed by atoms with Crippen LogP contribution in [0.25, 0.3) is 0 Å². The van der Waals surface area contributed by atoms with E-state index in [1.165, 1.54) is 0 Å². The summed E-state index contributed by atoms with van der Waals surface area (Å²) in [5.41, 5.74) is 9.84. The first-order valence-electron chi connectivity index (χ1n) is 4.98. The quantitative estimate of drug-likeness (QED) is 0.307. The first-order valence-corrected chi connectivity index (χ1v) is 4.98. The van der Waals surface area contributed by atoms with Crippen LogP contribution in [0.2, 0.25) is 0 Å². The molecule has 10 heteroatoms. The predicted molar refractivity (Wildman–Crippen MR) is 60.3 cm³/mol. The minimum atomic E-state index is -1.29. The average Bonchev–Trinajstić information content (AvgIpc) is 2.25. The van der Waals surface area contributed by atoms with Crippen LogP contribution in [0.5, 0.6) is 0 Å². The number of aliphatic carboxylic acids is 4. The van der Waals surface area contributed by atoms with Crippen molar-refractivity contribution in [2.45, 2.75) is 31.3 Å². The van der Waals surface area contributed by atoms with E-state index in [0.717, 1.165) is 0 Å². The summed E-state index contributed by atoms with van der Waals surface area (Å²) in [6, 6.07) is -2.35. The summed E-state index contributed by atoms with van der Waals surface area (Å²) >= 11 is 0. The molecular weight excluding hydrogens is 264 g/mol. The maximum absolute atomic E-state index is 9.99. The fourth-order valence-electron chi connectivity index (χ4n) is 0.678. The Morgan fingerprint density at radius 3 is 1.42 bits per heavy atom. The van der Waals surface area contributed by atoms with E-state index in [2.05, 4.69) is 0 Å². The van der Waals surface area contributed by atoms with Gasteiger partial charge in [0.15, 0.2) is 0 Å². The van der Waals surface area contributed by atoms with Crippen LogP contribution in [0.1, 0.15) is 19.3 Å². The topological polar surface area (TPSA) is 201 Å². The molecule has 2 atom stereocenters. The zero-order valence-electron chi connectivity index (χ0n) is 9.85. The van der Waals surface area contributed by atoms with Gasteiger partial charge in [0.1, 0.15) is 12.1 Å². The number of hydrogen-bond donors (Lipinski definition) is 6. The zero-order chi connectivity index (χ0) is 15.6. The van der Waals surface area contributed by atoms with E-state index in [9.17, 15) is 19.2 Å². The third kappa shape index (κ3) is 13.7. The molecule has 0 unspecified atom stereocenters. The number of nitrogens with two attached hydrogens (primary N) is 2. The summed E-state index contributed by atoms with van der Waals surface area (Å²) in [5, 5.41) is 32.3. The fraction of sp³-hybridized carbons (Fsp3) is 0.556. The van der Waals surface area contributed by atoms with Gasteiger partial charge in [0.05, 0.1) is 6.42 Å². The van der Waals surface area contributed by atoms with Crippen molar-refractivity contribution in [3.05, 3.63) is 0 Å². The Morgan fingerprint density at radius 2 is 1.21 bits per heavy atom. The molecule has 0 spiro atoms. The van der Waals surface area contributed by atoms with Crippen LogP contribution in [-0.2, 0) is 19.2 Å². The van der Waals surface area contributed by atoms with Crippen molar-refractivity contribution >= 4 is 23.9 Å². The monoisotopic (exact) mass is 280 g/mol. The molecule has 0 aliphatic carbocycles. The Hall–Kier alpha value is -2.20. The van der Waals surface area contributed by atoms with Crippen LogP contribution in [0.3, 0.4) is 0 Å². The van der Waals surface area contributed by atoms with Crippen LogP contribution in [0.15, 0.2) is 0 Å². The Labute approximate surface area is 107 Å². The molecule has 19 heavy (non-hydrogen) atoms. The van der Waals surface area contributed by atoms with E-state index >= 15 is 0 Å². The summed E-state index contributed by atoms with van der Waals surface area (Å²) in [4.78, 5) is 39.5. The van der Waals surface area contributed by atoms with Crippen molar-refractivity contribution in [2.24, 2.45) is 11.5 Å². The predicted octanol–water partition coefficient (Wildman–Crippen LogP) is -1.86. The van der Waals surface area contributed by atoms with Gasteiger partial charge < -0.3 is 31.9 Å². The fourth-order valence-corrected chi connectivity index (χ4v) is 0.678. The zero-order valence-corrected chi connectivity index (χ0v) is 9.85. The second-order valence-electron chi connectivity index (χ2n) is 3.42. The normalized spacial score (nSPS) is 12.5. The lowest BCUT2D eigenvalue weighted by Gasteiger charge is -2.01. The summed E-state index contributed by atoms with van der Waals surface area (Å²) < 4.78 is 0. The summed E-state index contributed by atoms with van der Waals surface area (Å²) in [7, 11) is 0. The lowest BCUT2D eigenvalue weighted by molar-refractivity contribution is -0.144. The SMILES string of the molecule is N[C@@H](CCC(=O)O)C(=O)O.N[C@H](CC(=O)O)C(=O)O. The minimum absolute atomic E-state index is 0.0231. The van der Waals surface area contributed by atoms with Gasteiger partial charge in [-0.1, -0.05) is 0 Å². The Kier molecular flexibility index (Phi) is 9.87. The molecule has 0 aliphatic rings. The molecule has 0 aromatic rings. The molecule has 0 amide bonds. The van der Waals surface area contributed by atoms with Crippen LogP contribution in [0.4, 0.5) is 0 Å². The van der Waals surface area contributed by atoms with E-state index in [4.69, 9.17) is 31.9 Å². The molecule has 0 aromatic heterocycles. The van der Waals surface area contributed by atoms with Gasteiger partial charge in [-0.2, -0.15) is 0 Å². The van der Waals surface area contributed by atoms with Gasteiger partial charge in [0.25, 0.3) is 0 Å². The molecule has 0 fully saturated rings. The molecule has 0 aromatic carbocycles. The van der Waals surface area contributed by atoms with Crippen molar-refractivity contribution in [1.82, 2.24) is 0 Å². The molecule has 0 bridgehead atoms. The summed E-state index contributed by atoms with van der Waals surface area (Å²) in [6.45, 7) is 0. The van der Waals surface area contributed by atoms with E-state index in [1.54, 1.807) is 0 Å². The molecule has 0 rings (SSSR count). The Bertz CT molecular complexity index is 343. The van der Waals surface area contributed by atoms with Crippen LogP contribution < -0.4 is 11.5 Å². The molecule has 0 heterocycles. The van der Waals surface area contributed by atoms with Crippen molar-refractivity contribution in [2.75, 3.05) is 0 Å². The van der Waals surface area contributed by atoms with Crippen LogP contribution in [-0.4, -0.2) is 56.4 Å². The van der Waals surface area contributed by atoms with E-state index in [-0.39, 0.29) is 12.8 Å². The van der Waals surface area contributed by atoms with Gasteiger partial charge in [0, 0.05) is 6.42 Å². The average molecular weight is 280 g/mol. The molecule has 8 N–H and O–H groups in total. The minimum Gasteiger partial charge on any atom is -0.481 e. The van der Waals surface area contributed by atoms with Gasteiger partial charge in [0.2, 0.25) is 0 Å². The third-order valence-electron chi connectivity index (χ3n) is 1.70.